The van der Waals surface area contributed by atoms with Crippen LogP contribution in [0.1, 0.15) is 11.1 Å². The topological polar surface area (TPSA) is 43.1 Å². The molecule has 0 N–H and O–H groups in total. The van der Waals surface area contributed by atoms with E-state index >= 15 is 0 Å². The van der Waals surface area contributed by atoms with Crippen molar-refractivity contribution in [1.29, 1.82) is 0 Å². The van der Waals surface area contributed by atoms with Crippen LogP contribution >= 0.6 is 0 Å². The second-order valence-electron chi connectivity index (χ2n) is 3.64. The molecular formula is C16H9NO2. The minimum Gasteiger partial charge on any atom is -0.258 e. The Hall–Kier alpha value is -3.04. The van der Waals surface area contributed by atoms with E-state index in [0.717, 1.165) is 5.56 Å². The zero-order chi connectivity index (χ0) is 13.5. The van der Waals surface area contributed by atoms with Crippen molar-refractivity contribution in [3.8, 4) is 23.7 Å². The number of nitrogens with zero attached hydrogens (tertiary/aromatic N) is 1. The summed E-state index contributed by atoms with van der Waals surface area (Å²) < 4.78 is 0. The predicted octanol–water partition coefficient (Wildman–Crippen LogP) is 3.00. The second kappa shape index (κ2) is 6.05. The Kier molecular flexibility index (Phi) is 3.95. The van der Waals surface area contributed by atoms with Crippen LogP contribution in [-0.4, -0.2) is 4.92 Å². The van der Waals surface area contributed by atoms with Gasteiger partial charge in [0.1, 0.15) is 5.56 Å². The molecule has 2 aromatic rings. The fourth-order valence-electron chi connectivity index (χ4n) is 1.46. The highest BCUT2D eigenvalue weighted by Crippen LogP contribution is 2.15. The number of rotatable bonds is 1. The van der Waals surface area contributed by atoms with Crippen molar-refractivity contribution >= 4 is 5.69 Å². The van der Waals surface area contributed by atoms with Gasteiger partial charge >= 0.3 is 0 Å². The molecule has 0 amide bonds. The number of hydrogen-bond donors (Lipinski definition) is 0. The lowest BCUT2D eigenvalue weighted by molar-refractivity contribution is -0.385. The fourth-order valence-corrected chi connectivity index (χ4v) is 1.46. The molecule has 19 heavy (non-hydrogen) atoms. The summed E-state index contributed by atoms with van der Waals surface area (Å²) in [5, 5.41) is 10.8. The van der Waals surface area contributed by atoms with Gasteiger partial charge < -0.3 is 0 Å². The monoisotopic (exact) mass is 247 g/mol. The van der Waals surface area contributed by atoms with Crippen molar-refractivity contribution < 1.29 is 4.92 Å². The Morgan fingerprint density at radius 1 is 0.842 bits per heavy atom. The van der Waals surface area contributed by atoms with Crippen molar-refractivity contribution in [2.24, 2.45) is 0 Å². The molecule has 0 bridgehead atoms. The van der Waals surface area contributed by atoms with Gasteiger partial charge in [-0.2, -0.15) is 0 Å². The molecule has 0 aliphatic heterocycles. The molecule has 0 spiro atoms. The molecule has 90 valence electrons. The van der Waals surface area contributed by atoms with Crippen LogP contribution in [0, 0.1) is 33.8 Å². The molecule has 2 rings (SSSR count). The number of nitro benzene ring substituents is 1. The van der Waals surface area contributed by atoms with E-state index in [4.69, 9.17) is 0 Å². The van der Waals surface area contributed by atoms with E-state index in [2.05, 4.69) is 23.7 Å². The van der Waals surface area contributed by atoms with E-state index in [1.165, 1.54) is 6.07 Å². The summed E-state index contributed by atoms with van der Waals surface area (Å²) in [6.07, 6.45) is 0. The third-order valence-electron chi connectivity index (χ3n) is 2.34. The van der Waals surface area contributed by atoms with Crippen LogP contribution in [0.25, 0.3) is 0 Å². The Labute approximate surface area is 111 Å². The molecule has 0 aromatic heterocycles. The standard InChI is InChI=1S/C16H9NO2/c18-17(19)16-13-7-6-12-15(16)11-5-4-10-14-8-2-1-3-9-14/h1-3,6-9,12-13H. The van der Waals surface area contributed by atoms with Crippen LogP contribution in [0.4, 0.5) is 5.69 Å². The molecule has 0 saturated carbocycles. The highest BCUT2D eigenvalue weighted by molar-refractivity contribution is 5.53. The van der Waals surface area contributed by atoms with Gasteiger partial charge in [0.25, 0.3) is 5.69 Å². The molecule has 3 nitrogen and oxygen atoms in total. The average molecular weight is 247 g/mol. The van der Waals surface area contributed by atoms with E-state index in [-0.39, 0.29) is 5.69 Å². The molecule has 0 unspecified atom stereocenters. The smallest absolute Gasteiger partial charge is 0.258 e. The highest BCUT2D eigenvalue weighted by atomic mass is 16.6. The van der Waals surface area contributed by atoms with Crippen LogP contribution in [0.5, 0.6) is 0 Å². The minimum atomic E-state index is -0.450. The third kappa shape index (κ3) is 3.46. The average Bonchev–Trinajstić information content (AvgIpc) is 2.45. The maximum atomic E-state index is 10.8. The van der Waals surface area contributed by atoms with Crippen molar-refractivity contribution in [2.75, 3.05) is 0 Å². The molecule has 2 aromatic carbocycles. The first kappa shape index (κ1) is 12.4. The van der Waals surface area contributed by atoms with Crippen LogP contribution in [0.3, 0.4) is 0 Å². The van der Waals surface area contributed by atoms with Gasteiger partial charge in [-0.15, -0.1) is 0 Å². The molecule has 0 saturated heterocycles. The molecule has 0 fully saturated rings. The lowest BCUT2D eigenvalue weighted by atomic mass is 10.2. The first-order chi connectivity index (χ1) is 9.27. The summed E-state index contributed by atoms with van der Waals surface area (Å²) in [5.74, 6) is 10.9. The largest absolute Gasteiger partial charge is 0.284 e. The van der Waals surface area contributed by atoms with Gasteiger partial charge in [-0.25, -0.2) is 0 Å². The van der Waals surface area contributed by atoms with Gasteiger partial charge in [-0.05, 0) is 36.0 Å². The number of benzene rings is 2. The molecule has 0 heterocycles. The van der Waals surface area contributed by atoms with Gasteiger partial charge in [0.2, 0.25) is 0 Å². The third-order valence-corrected chi connectivity index (χ3v) is 2.34. The second-order valence-corrected chi connectivity index (χ2v) is 3.64. The van der Waals surface area contributed by atoms with Gasteiger partial charge in [0.15, 0.2) is 0 Å². The van der Waals surface area contributed by atoms with E-state index in [0.29, 0.717) is 5.56 Å². The van der Waals surface area contributed by atoms with E-state index in [1.54, 1.807) is 18.2 Å². The van der Waals surface area contributed by atoms with E-state index in [1.807, 2.05) is 30.3 Å². The van der Waals surface area contributed by atoms with Crippen LogP contribution < -0.4 is 0 Å². The van der Waals surface area contributed by atoms with Gasteiger partial charge in [-0.1, -0.05) is 36.3 Å². The van der Waals surface area contributed by atoms with Gasteiger partial charge in [-0.3, -0.25) is 10.1 Å². The highest BCUT2D eigenvalue weighted by Gasteiger charge is 2.09. The maximum Gasteiger partial charge on any atom is 0.284 e. The zero-order valence-corrected chi connectivity index (χ0v) is 9.96. The summed E-state index contributed by atoms with van der Waals surface area (Å²) in [6.45, 7) is 0. The summed E-state index contributed by atoms with van der Waals surface area (Å²) in [7, 11) is 0. The molecule has 0 aliphatic carbocycles. The Bertz CT molecular complexity index is 713. The number of hydrogen-bond acceptors (Lipinski definition) is 2. The maximum absolute atomic E-state index is 10.8. The summed E-state index contributed by atoms with van der Waals surface area (Å²) >= 11 is 0. The van der Waals surface area contributed by atoms with Gasteiger partial charge in [0.05, 0.1) is 4.92 Å². The van der Waals surface area contributed by atoms with Crippen molar-refractivity contribution in [1.82, 2.24) is 0 Å². The van der Waals surface area contributed by atoms with Crippen molar-refractivity contribution in [2.45, 2.75) is 0 Å². The van der Waals surface area contributed by atoms with E-state index in [9.17, 15) is 10.1 Å². The van der Waals surface area contributed by atoms with Crippen molar-refractivity contribution in [3.05, 3.63) is 75.8 Å². The van der Waals surface area contributed by atoms with E-state index < -0.39 is 4.92 Å². The molecule has 3 heteroatoms. The quantitative estimate of drug-likeness (QED) is 0.441. The first-order valence-corrected chi connectivity index (χ1v) is 5.58. The fraction of sp³-hybridized carbons (Fsp3) is 0. The number of para-hydroxylation sites is 1. The molecule has 0 atom stereocenters. The minimum absolute atomic E-state index is 0.00323. The lowest BCUT2D eigenvalue weighted by Gasteiger charge is -1.92. The zero-order valence-electron chi connectivity index (χ0n) is 9.96. The summed E-state index contributed by atoms with van der Waals surface area (Å²) in [6, 6.07) is 15.8. The molecular weight excluding hydrogens is 238 g/mol. The van der Waals surface area contributed by atoms with Crippen LogP contribution in [0.15, 0.2) is 54.6 Å². The Balaban J connectivity index is 2.22. The SMILES string of the molecule is O=[N+]([O-])c1ccccc1C#CC#Cc1ccccc1. The normalized spacial score (nSPS) is 8.63. The predicted molar refractivity (Wildman–Crippen MR) is 73.3 cm³/mol. The number of nitro groups is 1. The lowest BCUT2D eigenvalue weighted by Crippen LogP contribution is -1.90. The Morgan fingerprint density at radius 2 is 1.47 bits per heavy atom. The van der Waals surface area contributed by atoms with Crippen LogP contribution in [0.2, 0.25) is 0 Å². The molecule has 0 aliphatic rings. The van der Waals surface area contributed by atoms with Crippen molar-refractivity contribution in [3.63, 3.8) is 0 Å². The molecule has 0 radical (unpaired) electrons. The van der Waals surface area contributed by atoms with Gasteiger partial charge in [0, 0.05) is 11.6 Å². The summed E-state index contributed by atoms with van der Waals surface area (Å²) in [4.78, 5) is 10.3. The summed E-state index contributed by atoms with van der Waals surface area (Å²) in [5.41, 5.74) is 1.23. The first-order valence-electron chi connectivity index (χ1n) is 5.58. The van der Waals surface area contributed by atoms with Crippen LogP contribution in [-0.2, 0) is 0 Å². The Morgan fingerprint density at radius 3 is 2.21 bits per heavy atom.